The van der Waals surface area contributed by atoms with Gasteiger partial charge < -0.3 is 19.2 Å². The minimum atomic E-state index is -4.47. The lowest BCUT2D eigenvalue weighted by atomic mass is 10.0. The Morgan fingerprint density at radius 3 is 2.69 bits per heavy atom. The van der Waals surface area contributed by atoms with Crippen molar-refractivity contribution in [2.45, 2.75) is 31.9 Å². The molecule has 0 aliphatic carbocycles. The van der Waals surface area contributed by atoms with Gasteiger partial charge in [-0.25, -0.2) is 4.98 Å². The van der Waals surface area contributed by atoms with E-state index >= 15 is 0 Å². The summed E-state index contributed by atoms with van der Waals surface area (Å²) in [6, 6.07) is 3.89. The zero-order chi connectivity index (χ0) is 18.9. The number of alkyl halides is 3. The number of methoxy groups -OCH3 is 1. The summed E-state index contributed by atoms with van der Waals surface area (Å²) >= 11 is 0. The van der Waals surface area contributed by atoms with Crippen molar-refractivity contribution in [3.05, 3.63) is 52.7 Å². The van der Waals surface area contributed by atoms with Crippen molar-refractivity contribution < 1.29 is 32.2 Å². The maximum Gasteiger partial charge on any atom is 0.416 e. The first-order chi connectivity index (χ1) is 12.3. The van der Waals surface area contributed by atoms with Gasteiger partial charge >= 0.3 is 6.18 Å². The third-order valence-corrected chi connectivity index (χ3v) is 4.14. The zero-order valence-corrected chi connectivity index (χ0v) is 13.9. The van der Waals surface area contributed by atoms with Crippen molar-refractivity contribution >= 4 is 5.91 Å². The molecular formula is C17H17F3N2O4. The number of hydrogen-bond donors (Lipinski definition) is 1. The van der Waals surface area contributed by atoms with Gasteiger partial charge in [0, 0.05) is 20.1 Å². The van der Waals surface area contributed by atoms with E-state index in [0.717, 1.165) is 24.3 Å². The van der Waals surface area contributed by atoms with Crippen molar-refractivity contribution in [1.82, 2.24) is 9.88 Å². The lowest BCUT2D eigenvalue weighted by Crippen LogP contribution is -2.39. The molecule has 0 bridgehead atoms. The maximum absolute atomic E-state index is 12.6. The first kappa shape index (κ1) is 18.4. The third kappa shape index (κ3) is 3.73. The highest BCUT2D eigenvalue weighted by molar-refractivity contribution is 5.82. The van der Waals surface area contributed by atoms with E-state index in [1.807, 2.05) is 0 Å². The second kappa shape index (κ2) is 7.08. The van der Waals surface area contributed by atoms with Crippen molar-refractivity contribution in [2.75, 3.05) is 13.7 Å². The van der Waals surface area contributed by atoms with E-state index in [4.69, 9.17) is 9.15 Å². The first-order valence-corrected chi connectivity index (χ1v) is 7.90. The molecular weight excluding hydrogens is 353 g/mol. The highest BCUT2D eigenvalue weighted by Gasteiger charge is 2.32. The van der Waals surface area contributed by atoms with Crippen LogP contribution in [0.1, 0.15) is 34.6 Å². The Hall–Kier alpha value is -2.39. The molecule has 1 amide bonds. The fourth-order valence-corrected chi connectivity index (χ4v) is 2.80. The Morgan fingerprint density at radius 1 is 1.38 bits per heavy atom. The monoisotopic (exact) mass is 370 g/mol. The van der Waals surface area contributed by atoms with E-state index in [9.17, 15) is 23.1 Å². The normalized spacial score (nSPS) is 15.7. The fraction of sp³-hybridized carbons (Fsp3) is 0.412. The van der Waals surface area contributed by atoms with Crippen LogP contribution >= 0.6 is 0 Å². The van der Waals surface area contributed by atoms with E-state index in [1.54, 1.807) is 0 Å². The van der Waals surface area contributed by atoms with Gasteiger partial charge in [0.15, 0.2) is 6.10 Å². The number of aliphatic hydroxyl groups excluding tert-OH is 1. The van der Waals surface area contributed by atoms with Crippen molar-refractivity contribution in [2.24, 2.45) is 0 Å². The Morgan fingerprint density at radius 2 is 2.08 bits per heavy atom. The SMILES string of the molecule is COCc1nc2c(o1)CCN(C(=O)C(O)c1ccc(C(F)(F)F)cc1)C2. The van der Waals surface area contributed by atoms with Crippen molar-refractivity contribution in [3.63, 3.8) is 0 Å². The molecule has 2 heterocycles. The van der Waals surface area contributed by atoms with Gasteiger partial charge in [-0.15, -0.1) is 0 Å². The first-order valence-electron chi connectivity index (χ1n) is 7.90. The van der Waals surface area contributed by atoms with Crippen LogP contribution in [-0.2, 0) is 35.3 Å². The number of hydrogen-bond acceptors (Lipinski definition) is 5. The number of halogens is 3. The molecule has 2 aromatic rings. The van der Waals surface area contributed by atoms with Gasteiger partial charge in [0.05, 0.1) is 12.1 Å². The Labute approximate surface area is 147 Å². The predicted octanol–water partition coefficient (Wildman–Crippen LogP) is 2.46. The van der Waals surface area contributed by atoms with Gasteiger partial charge in [0.25, 0.3) is 5.91 Å². The lowest BCUT2D eigenvalue weighted by Gasteiger charge is -2.27. The van der Waals surface area contributed by atoms with Crippen LogP contribution in [0.2, 0.25) is 0 Å². The molecule has 9 heteroatoms. The largest absolute Gasteiger partial charge is 0.443 e. The van der Waals surface area contributed by atoms with Crippen LogP contribution in [0.4, 0.5) is 13.2 Å². The number of carbonyl (C=O) groups is 1. The third-order valence-electron chi connectivity index (χ3n) is 4.14. The topological polar surface area (TPSA) is 75.8 Å². The number of oxazole rings is 1. The zero-order valence-electron chi connectivity index (χ0n) is 13.9. The summed E-state index contributed by atoms with van der Waals surface area (Å²) < 4.78 is 48.3. The molecule has 1 N–H and O–H groups in total. The van der Waals surface area contributed by atoms with E-state index in [1.165, 1.54) is 12.0 Å². The standard InChI is InChI=1S/C17H17F3N2O4/c1-25-9-14-21-12-8-22(7-6-13(12)26-14)16(24)15(23)10-2-4-11(5-3-10)17(18,19)20/h2-5,15,23H,6-9H2,1H3. The van der Waals surface area contributed by atoms with E-state index < -0.39 is 23.8 Å². The molecule has 1 aliphatic rings. The average Bonchev–Trinajstić information content (AvgIpc) is 3.01. The molecule has 3 rings (SSSR count). The number of amides is 1. The van der Waals surface area contributed by atoms with Gasteiger partial charge in [0.2, 0.25) is 5.89 Å². The summed E-state index contributed by atoms with van der Waals surface area (Å²) in [5.41, 5.74) is -0.137. The summed E-state index contributed by atoms with van der Waals surface area (Å²) in [6.07, 6.45) is -5.56. The summed E-state index contributed by atoms with van der Waals surface area (Å²) in [7, 11) is 1.51. The number of aliphatic hydroxyl groups is 1. The molecule has 0 spiro atoms. The Bertz CT molecular complexity index is 786. The summed E-state index contributed by atoms with van der Waals surface area (Å²) in [5, 5.41) is 10.2. The van der Waals surface area contributed by atoms with Gasteiger partial charge in [-0.05, 0) is 17.7 Å². The molecule has 1 aliphatic heterocycles. The minimum Gasteiger partial charge on any atom is -0.443 e. The van der Waals surface area contributed by atoms with E-state index in [2.05, 4.69) is 4.98 Å². The molecule has 1 atom stereocenters. The highest BCUT2D eigenvalue weighted by Crippen LogP contribution is 2.30. The number of nitrogens with zero attached hydrogens (tertiary/aromatic N) is 2. The summed E-state index contributed by atoms with van der Waals surface area (Å²) in [5.74, 6) is 0.493. The second-order valence-corrected chi connectivity index (χ2v) is 5.94. The van der Waals surface area contributed by atoms with Gasteiger partial charge in [-0.1, -0.05) is 12.1 Å². The van der Waals surface area contributed by atoms with Gasteiger partial charge in [-0.2, -0.15) is 13.2 Å². The number of aromatic nitrogens is 1. The van der Waals surface area contributed by atoms with E-state index in [-0.39, 0.29) is 18.7 Å². The molecule has 1 unspecified atom stereocenters. The smallest absolute Gasteiger partial charge is 0.416 e. The van der Waals surface area contributed by atoms with Crippen LogP contribution in [0.3, 0.4) is 0 Å². The van der Waals surface area contributed by atoms with Crippen molar-refractivity contribution in [1.29, 1.82) is 0 Å². The molecule has 0 saturated carbocycles. The number of carbonyl (C=O) groups excluding carboxylic acids is 1. The number of ether oxygens (including phenoxy) is 1. The molecule has 0 fully saturated rings. The van der Waals surface area contributed by atoms with Crippen LogP contribution in [0.5, 0.6) is 0 Å². The minimum absolute atomic E-state index is 0.106. The number of fused-ring (bicyclic) bond motifs is 1. The molecule has 26 heavy (non-hydrogen) atoms. The quantitative estimate of drug-likeness (QED) is 0.895. The molecule has 1 aromatic carbocycles. The van der Waals surface area contributed by atoms with Crippen LogP contribution in [0, 0.1) is 0 Å². The van der Waals surface area contributed by atoms with E-state index in [0.29, 0.717) is 30.3 Å². The Balaban J connectivity index is 1.70. The number of benzene rings is 1. The molecule has 140 valence electrons. The van der Waals surface area contributed by atoms with Crippen LogP contribution < -0.4 is 0 Å². The number of rotatable bonds is 4. The van der Waals surface area contributed by atoms with Crippen LogP contribution in [0.25, 0.3) is 0 Å². The maximum atomic E-state index is 12.6. The molecule has 6 nitrogen and oxygen atoms in total. The Kier molecular flexibility index (Phi) is 5.01. The second-order valence-electron chi connectivity index (χ2n) is 5.94. The lowest BCUT2D eigenvalue weighted by molar-refractivity contribution is -0.141. The average molecular weight is 370 g/mol. The predicted molar refractivity (Wildman–Crippen MR) is 82.7 cm³/mol. The molecule has 0 radical (unpaired) electrons. The van der Waals surface area contributed by atoms with Crippen LogP contribution in [-0.4, -0.2) is 34.6 Å². The molecule has 1 aromatic heterocycles. The van der Waals surface area contributed by atoms with Crippen LogP contribution in [0.15, 0.2) is 28.7 Å². The summed E-state index contributed by atoms with van der Waals surface area (Å²) in [4.78, 5) is 18.2. The van der Waals surface area contributed by atoms with Gasteiger partial charge in [-0.3, -0.25) is 4.79 Å². The summed E-state index contributed by atoms with van der Waals surface area (Å²) in [6.45, 7) is 0.708. The molecule has 0 saturated heterocycles. The highest BCUT2D eigenvalue weighted by atomic mass is 19.4. The fourth-order valence-electron chi connectivity index (χ4n) is 2.80. The van der Waals surface area contributed by atoms with Crippen molar-refractivity contribution in [3.8, 4) is 0 Å². The van der Waals surface area contributed by atoms with Gasteiger partial charge in [0.1, 0.15) is 18.1 Å².